The topological polar surface area (TPSA) is 20.2 Å². The van der Waals surface area contributed by atoms with Crippen molar-refractivity contribution in [1.29, 1.82) is 0 Å². The third kappa shape index (κ3) is 2.98. The van der Waals surface area contributed by atoms with Gasteiger partial charge in [0, 0.05) is 0 Å². The van der Waals surface area contributed by atoms with Crippen LogP contribution in [0, 0.1) is 6.92 Å². The van der Waals surface area contributed by atoms with Crippen LogP contribution in [0.3, 0.4) is 0 Å². The van der Waals surface area contributed by atoms with Crippen molar-refractivity contribution in [3.63, 3.8) is 0 Å². The maximum Gasteiger partial charge on any atom is 0.0800 e. The first-order valence-electron chi connectivity index (χ1n) is 4.57. The highest BCUT2D eigenvalue weighted by Gasteiger charge is 2.09. The lowest BCUT2D eigenvalue weighted by Gasteiger charge is -2.08. The molecule has 1 N–H and O–H groups in total. The summed E-state index contributed by atoms with van der Waals surface area (Å²) in [5.74, 6) is 0. The molecule has 1 aromatic rings. The van der Waals surface area contributed by atoms with Crippen molar-refractivity contribution in [2.45, 2.75) is 32.3 Å². The molecule has 1 heterocycles. The molecule has 0 radical (unpaired) electrons. The Morgan fingerprint density at radius 1 is 1.62 bits per heavy atom. The van der Waals surface area contributed by atoms with Crippen LogP contribution in [0.15, 0.2) is 23.4 Å². The lowest BCUT2D eigenvalue weighted by Crippen LogP contribution is -1.96. The van der Waals surface area contributed by atoms with Gasteiger partial charge in [-0.15, -0.1) is 6.58 Å². The third-order valence-electron chi connectivity index (χ3n) is 2.14. The molecular formula is C11H16OS. The van der Waals surface area contributed by atoms with Crippen LogP contribution in [-0.4, -0.2) is 5.11 Å². The first kappa shape index (κ1) is 10.5. The summed E-state index contributed by atoms with van der Waals surface area (Å²) in [5.41, 5.74) is 2.30. The summed E-state index contributed by atoms with van der Waals surface area (Å²) in [4.78, 5) is 0. The summed E-state index contributed by atoms with van der Waals surface area (Å²) in [6.07, 6.45) is 4.45. The van der Waals surface area contributed by atoms with Crippen molar-refractivity contribution in [2.75, 3.05) is 0 Å². The Morgan fingerprint density at radius 2 is 2.38 bits per heavy atom. The number of hydrogen-bond donors (Lipinski definition) is 1. The Hall–Kier alpha value is -0.600. The van der Waals surface area contributed by atoms with Crippen molar-refractivity contribution in [3.8, 4) is 0 Å². The number of rotatable bonds is 5. The molecular weight excluding hydrogens is 180 g/mol. The van der Waals surface area contributed by atoms with Crippen molar-refractivity contribution < 1.29 is 5.11 Å². The largest absolute Gasteiger partial charge is 0.388 e. The zero-order valence-electron chi connectivity index (χ0n) is 7.99. The Morgan fingerprint density at radius 3 is 2.92 bits per heavy atom. The van der Waals surface area contributed by atoms with Crippen molar-refractivity contribution >= 4 is 11.3 Å². The van der Waals surface area contributed by atoms with Crippen molar-refractivity contribution in [3.05, 3.63) is 34.5 Å². The van der Waals surface area contributed by atoms with Gasteiger partial charge in [-0.2, -0.15) is 11.3 Å². The molecule has 1 nitrogen and oxygen atoms in total. The lowest BCUT2D eigenvalue weighted by atomic mass is 10.0. The van der Waals surface area contributed by atoms with Gasteiger partial charge in [0.15, 0.2) is 0 Å². The van der Waals surface area contributed by atoms with Crippen LogP contribution in [0.4, 0.5) is 0 Å². The summed E-state index contributed by atoms with van der Waals surface area (Å²) in [6.45, 7) is 5.70. The average Bonchev–Trinajstić information content (AvgIpc) is 2.52. The molecule has 1 rings (SSSR count). The smallest absolute Gasteiger partial charge is 0.0800 e. The van der Waals surface area contributed by atoms with E-state index in [4.69, 9.17) is 0 Å². The third-order valence-corrected chi connectivity index (χ3v) is 3.02. The van der Waals surface area contributed by atoms with Gasteiger partial charge in [-0.3, -0.25) is 0 Å². The molecule has 0 aliphatic heterocycles. The van der Waals surface area contributed by atoms with Crippen molar-refractivity contribution in [2.24, 2.45) is 0 Å². The zero-order chi connectivity index (χ0) is 9.68. The molecule has 1 aromatic heterocycles. The molecule has 1 atom stereocenters. The Labute approximate surface area is 83.7 Å². The molecule has 0 spiro atoms. The van der Waals surface area contributed by atoms with E-state index in [0.29, 0.717) is 0 Å². The predicted molar refractivity (Wildman–Crippen MR) is 58.1 cm³/mol. The highest BCUT2D eigenvalue weighted by atomic mass is 32.1. The minimum atomic E-state index is -0.286. The van der Waals surface area contributed by atoms with Gasteiger partial charge in [-0.05, 0) is 48.1 Å². The van der Waals surface area contributed by atoms with E-state index in [2.05, 4.69) is 12.0 Å². The van der Waals surface area contributed by atoms with Gasteiger partial charge >= 0.3 is 0 Å². The number of aliphatic hydroxyl groups is 1. The standard InChI is InChI=1S/C11H16OS/c1-3-4-5-6-11(12)10-8-13-7-9(10)2/h3,7-8,11-12H,1,4-6H2,2H3. The number of unbranched alkanes of at least 4 members (excludes halogenated alkanes) is 1. The van der Waals surface area contributed by atoms with Crippen LogP contribution in [0.25, 0.3) is 0 Å². The molecule has 0 aromatic carbocycles. The second-order valence-electron chi connectivity index (χ2n) is 3.25. The molecule has 0 amide bonds. The highest BCUT2D eigenvalue weighted by molar-refractivity contribution is 7.08. The van der Waals surface area contributed by atoms with E-state index in [1.165, 1.54) is 5.56 Å². The van der Waals surface area contributed by atoms with Gasteiger partial charge in [-0.25, -0.2) is 0 Å². The molecule has 72 valence electrons. The number of hydrogen-bond acceptors (Lipinski definition) is 2. The number of aliphatic hydroxyl groups excluding tert-OH is 1. The fourth-order valence-corrected chi connectivity index (χ4v) is 2.22. The molecule has 1 unspecified atom stereocenters. The molecule has 0 aliphatic carbocycles. The van der Waals surface area contributed by atoms with Crippen LogP contribution in [0.1, 0.15) is 36.5 Å². The van der Waals surface area contributed by atoms with E-state index in [0.717, 1.165) is 24.8 Å². The molecule has 0 fully saturated rings. The second-order valence-corrected chi connectivity index (χ2v) is 3.99. The van der Waals surface area contributed by atoms with E-state index in [1.54, 1.807) is 11.3 Å². The SMILES string of the molecule is C=CCCCC(O)c1cscc1C. The lowest BCUT2D eigenvalue weighted by molar-refractivity contribution is 0.165. The fraction of sp³-hybridized carbons (Fsp3) is 0.455. The van der Waals surface area contributed by atoms with Crippen LogP contribution >= 0.6 is 11.3 Å². The predicted octanol–water partition coefficient (Wildman–Crippen LogP) is 3.45. The van der Waals surface area contributed by atoms with Crippen LogP contribution < -0.4 is 0 Å². The van der Waals surface area contributed by atoms with Gasteiger partial charge in [0.1, 0.15) is 0 Å². The average molecular weight is 196 g/mol. The zero-order valence-corrected chi connectivity index (χ0v) is 8.81. The summed E-state index contributed by atoms with van der Waals surface area (Å²) >= 11 is 1.65. The van der Waals surface area contributed by atoms with Crippen LogP contribution in [0.5, 0.6) is 0 Å². The van der Waals surface area contributed by atoms with Gasteiger partial charge in [-0.1, -0.05) is 6.08 Å². The van der Waals surface area contributed by atoms with E-state index >= 15 is 0 Å². The molecule has 0 bridgehead atoms. The van der Waals surface area contributed by atoms with E-state index in [1.807, 2.05) is 18.4 Å². The van der Waals surface area contributed by atoms with Gasteiger partial charge < -0.3 is 5.11 Å². The summed E-state index contributed by atoms with van der Waals surface area (Å²) in [6, 6.07) is 0. The second kappa shape index (κ2) is 5.20. The number of allylic oxidation sites excluding steroid dienone is 1. The molecule has 2 heteroatoms. The summed E-state index contributed by atoms with van der Waals surface area (Å²) in [5, 5.41) is 13.9. The van der Waals surface area contributed by atoms with Crippen LogP contribution in [0.2, 0.25) is 0 Å². The Balaban J connectivity index is 2.44. The number of aryl methyl sites for hydroxylation is 1. The molecule has 0 saturated carbocycles. The maximum atomic E-state index is 9.79. The van der Waals surface area contributed by atoms with Gasteiger partial charge in [0.25, 0.3) is 0 Å². The Kier molecular flexibility index (Phi) is 4.19. The monoisotopic (exact) mass is 196 g/mol. The molecule has 13 heavy (non-hydrogen) atoms. The summed E-state index contributed by atoms with van der Waals surface area (Å²) in [7, 11) is 0. The maximum absolute atomic E-state index is 9.79. The van der Waals surface area contributed by atoms with E-state index in [-0.39, 0.29) is 6.10 Å². The minimum Gasteiger partial charge on any atom is -0.388 e. The van der Waals surface area contributed by atoms with Gasteiger partial charge in [0.2, 0.25) is 0 Å². The minimum absolute atomic E-state index is 0.286. The fourth-order valence-electron chi connectivity index (χ4n) is 1.32. The summed E-state index contributed by atoms with van der Waals surface area (Å²) < 4.78 is 0. The molecule has 0 saturated heterocycles. The quantitative estimate of drug-likeness (QED) is 0.565. The van der Waals surface area contributed by atoms with Crippen LogP contribution in [-0.2, 0) is 0 Å². The van der Waals surface area contributed by atoms with E-state index < -0.39 is 0 Å². The number of thiophene rings is 1. The first-order valence-corrected chi connectivity index (χ1v) is 5.51. The van der Waals surface area contributed by atoms with Gasteiger partial charge in [0.05, 0.1) is 6.10 Å². The first-order chi connectivity index (χ1) is 6.25. The van der Waals surface area contributed by atoms with E-state index in [9.17, 15) is 5.11 Å². The highest BCUT2D eigenvalue weighted by Crippen LogP contribution is 2.25. The normalized spacial score (nSPS) is 12.8. The molecule has 0 aliphatic rings. The Bertz CT molecular complexity index is 265. The van der Waals surface area contributed by atoms with Crippen molar-refractivity contribution in [1.82, 2.24) is 0 Å².